The fourth-order valence-electron chi connectivity index (χ4n) is 2.63. The van der Waals surface area contributed by atoms with Crippen LogP contribution in [0.1, 0.15) is 26.3 Å². The van der Waals surface area contributed by atoms with Gasteiger partial charge in [0.2, 0.25) is 0 Å². The highest BCUT2D eigenvalue weighted by Gasteiger charge is 2.12. The first-order valence-electron chi connectivity index (χ1n) is 9.77. The first-order chi connectivity index (χ1) is 16.0. The van der Waals surface area contributed by atoms with E-state index in [0.29, 0.717) is 32.7 Å². The predicted octanol–water partition coefficient (Wildman–Crippen LogP) is 3.56. The van der Waals surface area contributed by atoms with Crippen molar-refractivity contribution in [2.24, 2.45) is 5.10 Å². The molecule has 0 atom stereocenters. The summed E-state index contributed by atoms with van der Waals surface area (Å²) in [4.78, 5) is 36.2. The molecule has 8 nitrogen and oxygen atoms in total. The smallest absolute Gasteiger partial charge is 0.344 e. The molecule has 9 heteroatoms. The molecule has 0 saturated heterocycles. The molecule has 0 aliphatic heterocycles. The van der Waals surface area contributed by atoms with E-state index in [1.54, 1.807) is 66.7 Å². The maximum Gasteiger partial charge on any atom is 0.344 e. The highest BCUT2D eigenvalue weighted by Crippen LogP contribution is 2.19. The average Bonchev–Trinajstić information content (AvgIpc) is 2.84. The van der Waals surface area contributed by atoms with Crippen molar-refractivity contribution in [2.45, 2.75) is 0 Å². The van der Waals surface area contributed by atoms with Crippen LogP contribution >= 0.6 is 15.9 Å². The summed E-state index contributed by atoms with van der Waals surface area (Å²) in [5, 5.41) is 6.37. The normalized spacial score (nSPS) is 10.5. The lowest BCUT2D eigenvalue weighted by Gasteiger charge is -2.06. The molecular weight excluding hydrogens is 490 g/mol. The van der Waals surface area contributed by atoms with Crippen molar-refractivity contribution in [1.82, 2.24) is 10.7 Å². The number of carbonyl (C=O) groups excluding carboxylic acids is 3. The number of hydrogen-bond acceptors (Lipinski definition) is 6. The monoisotopic (exact) mass is 509 g/mol. The molecule has 0 bridgehead atoms. The number of nitrogens with one attached hydrogen (secondary N) is 2. The first kappa shape index (κ1) is 23.7. The Morgan fingerprint density at radius 2 is 1.61 bits per heavy atom. The van der Waals surface area contributed by atoms with Crippen LogP contribution in [-0.2, 0) is 4.79 Å². The Hall–Kier alpha value is -3.98. The van der Waals surface area contributed by atoms with E-state index in [0.717, 1.165) is 0 Å². The van der Waals surface area contributed by atoms with Gasteiger partial charge in [-0.3, -0.25) is 9.59 Å². The Kier molecular flexibility index (Phi) is 8.31. The summed E-state index contributed by atoms with van der Waals surface area (Å²) in [6.45, 7) is -0.230. The topological polar surface area (TPSA) is 106 Å². The predicted molar refractivity (Wildman–Crippen MR) is 127 cm³/mol. The first-order valence-corrected chi connectivity index (χ1v) is 10.6. The molecule has 0 fully saturated rings. The van der Waals surface area contributed by atoms with Gasteiger partial charge in [0.25, 0.3) is 11.8 Å². The SMILES string of the molecule is COc1ccc(C(=O)NCC(=O)NN=Cc2ccc(OC(=O)c3ccccc3Br)cc2)cc1. The number of halogens is 1. The fraction of sp³-hybridized carbons (Fsp3) is 0.0833. The summed E-state index contributed by atoms with van der Waals surface area (Å²) in [5.74, 6) is -0.336. The maximum absolute atomic E-state index is 12.2. The van der Waals surface area contributed by atoms with Crippen LogP contribution in [0.15, 0.2) is 82.4 Å². The maximum atomic E-state index is 12.2. The van der Waals surface area contributed by atoms with Gasteiger partial charge in [-0.05, 0) is 82.2 Å². The minimum Gasteiger partial charge on any atom is -0.497 e. The minimum atomic E-state index is -0.480. The van der Waals surface area contributed by atoms with E-state index in [4.69, 9.17) is 9.47 Å². The van der Waals surface area contributed by atoms with Crippen LogP contribution in [0.4, 0.5) is 0 Å². The fourth-order valence-corrected chi connectivity index (χ4v) is 3.08. The second-order valence-electron chi connectivity index (χ2n) is 6.64. The second kappa shape index (κ2) is 11.6. The molecule has 0 saturated carbocycles. The van der Waals surface area contributed by atoms with Crippen LogP contribution in [0, 0.1) is 0 Å². The number of esters is 1. The molecule has 2 amide bonds. The molecule has 0 heterocycles. The number of nitrogens with zero attached hydrogens (tertiary/aromatic N) is 1. The number of ether oxygens (including phenoxy) is 2. The van der Waals surface area contributed by atoms with Crippen LogP contribution < -0.4 is 20.2 Å². The molecule has 0 aliphatic rings. The molecular formula is C24H20BrN3O5. The van der Waals surface area contributed by atoms with Crippen LogP contribution in [0.25, 0.3) is 0 Å². The highest BCUT2D eigenvalue weighted by molar-refractivity contribution is 9.10. The van der Waals surface area contributed by atoms with E-state index >= 15 is 0 Å². The minimum absolute atomic E-state index is 0.230. The van der Waals surface area contributed by atoms with Crippen molar-refractivity contribution in [1.29, 1.82) is 0 Å². The van der Waals surface area contributed by atoms with Gasteiger partial charge >= 0.3 is 5.97 Å². The largest absolute Gasteiger partial charge is 0.497 e. The standard InChI is InChI=1S/C24H20BrN3O5/c1-32-18-12-8-17(9-13-18)23(30)26-15-22(29)28-27-14-16-6-10-19(11-7-16)33-24(31)20-4-2-3-5-21(20)25/h2-14H,15H2,1H3,(H,26,30)(H,28,29). The number of hydrogen-bond donors (Lipinski definition) is 2. The quantitative estimate of drug-likeness (QED) is 0.209. The van der Waals surface area contributed by atoms with Crippen LogP contribution in [0.3, 0.4) is 0 Å². The van der Waals surface area contributed by atoms with Gasteiger partial charge < -0.3 is 14.8 Å². The third-order valence-electron chi connectivity index (χ3n) is 4.35. The van der Waals surface area contributed by atoms with Gasteiger partial charge in [0.1, 0.15) is 11.5 Å². The molecule has 33 heavy (non-hydrogen) atoms. The van der Waals surface area contributed by atoms with E-state index in [1.165, 1.54) is 13.3 Å². The van der Waals surface area contributed by atoms with Crippen molar-refractivity contribution in [3.63, 3.8) is 0 Å². The number of benzene rings is 3. The van der Waals surface area contributed by atoms with Crippen molar-refractivity contribution < 1.29 is 23.9 Å². The lowest BCUT2D eigenvalue weighted by molar-refractivity contribution is -0.120. The number of methoxy groups -OCH3 is 1. The Bertz CT molecular complexity index is 1160. The van der Waals surface area contributed by atoms with Gasteiger partial charge in [-0.1, -0.05) is 12.1 Å². The molecule has 168 valence electrons. The molecule has 0 aromatic heterocycles. The van der Waals surface area contributed by atoms with E-state index in [-0.39, 0.29) is 12.5 Å². The molecule has 3 rings (SSSR count). The second-order valence-corrected chi connectivity index (χ2v) is 7.50. The third-order valence-corrected chi connectivity index (χ3v) is 5.04. The van der Waals surface area contributed by atoms with Gasteiger partial charge in [-0.25, -0.2) is 10.2 Å². The van der Waals surface area contributed by atoms with Crippen molar-refractivity contribution >= 4 is 39.9 Å². The molecule has 3 aromatic rings. The van der Waals surface area contributed by atoms with E-state index in [2.05, 4.69) is 31.8 Å². The van der Waals surface area contributed by atoms with Crippen molar-refractivity contribution in [2.75, 3.05) is 13.7 Å². The van der Waals surface area contributed by atoms with Crippen LogP contribution in [0.5, 0.6) is 11.5 Å². The van der Waals surface area contributed by atoms with Gasteiger partial charge in [0.15, 0.2) is 0 Å². The number of hydrazone groups is 1. The molecule has 0 spiro atoms. The molecule has 0 radical (unpaired) electrons. The highest BCUT2D eigenvalue weighted by atomic mass is 79.9. The molecule has 0 unspecified atom stereocenters. The summed E-state index contributed by atoms with van der Waals surface area (Å²) in [6, 6.07) is 20.1. The number of carbonyl (C=O) groups is 3. The summed E-state index contributed by atoms with van der Waals surface area (Å²) in [7, 11) is 1.54. The third kappa shape index (κ3) is 7.01. The summed E-state index contributed by atoms with van der Waals surface area (Å²) in [6.07, 6.45) is 1.43. The summed E-state index contributed by atoms with van der Waals surface area (Å²) in [5.41, 5.74) is 3.85. The van der Waals surface area contributed by atoms with E-state index in [1.807, 2.05) is 6.07 Å². The molecule has 0 aliphatic carbocycles. The van der Waals surface area contributed by atoms with Crippen LogP contribution in [-0.4, -0.2) is 37.7 Å². The van der Waals surface area contributed by atoms with Gasteiger partial charge in [-0.2, -0.15) is 5.10 Å². The number of amides is 2. The zero-order chi connectivity index (χ0) is 23.6. The Morgan fingerprint density at radius 3 is 2.27 bits per heavy atom. The van der Waals surface area contributed by atoms with Gasteiger partial charge in [0, 0.05) is 10.0 Å². The zero-order valence-corrected chi connectivity index (χ0v) is 19.2. The van der Waals surface area contributed by atoms with Gasteiger partial charge in [-0.15, -0.1) is 0 Å². The Morgan fingerprint density at radius 1 is 0.939 bits per heavy atom. The average molecular weight is 510 g/mol. The molecule has 2 N–H and O–H groups in total. The summed E-state index contributed by atoms with van der Waals surface area (Å²) >= 11 is 3.32. The lowest BCUT2D eigenvalue weighted by Crippen LogP contribution is -2.34. The Balaban J connectivity index is 1.45. The van der Waals surface area contributed by atoms with E-state index < -0.39 is 11.9 Å². The van der Waals surface area contributed by atoms with Crippen molar-refractivity contribution in [3.05, 3.63) is 94.0 Å². The lowest BCUT2D eigenvalue weighted by atomic mass is 10.2. The van der Waals surface area contributed by atoms with Gasteiger partial charge in [0.05, 0.1) is 25.4 Å². The Labute approximate surface area is 198 Å². The van der Waals surface area contributed by atoms with Crippen molar-refractivity contribution in [3.8, 4) is 11.5 Å². The number of rotatable bonds is 8. The van der Waals surface area contributed by atoms with E-state index in [9.17, 15) is 14.4 Å². The zero-order valence-electron chi connectivity index (χ0n) is 17.6. The summed E-state index contributed by atoms with van der Waals surface area (Å²) < 4.78 is 11.0. The molecule has 3 aromatic carbocycles. The van der Waals surface area contributed by atoms with Crippen LogP contribution in [0.2, 0.25) is 0 Å².